The fourth-order valence-electron chi connectivity index (χ4n) is 3.05. The van der Waals surface area contributed by atoms with Crippen LogP contribution in [-0.2, 0) is 9.53 Å². The topological polar surface area (TPSA) is 26.3 Å². The van der Waals surface area contributed by atoms with Gasteiger partial charge in [0.1, 0.15) is 5.78 Å². The van der Waals surface area contributed by atoms with Gasteiger partial charge in [0, 0.05) is 6.42 Å². The molecule has 2 bridgehead atoms. The zero-order valence-corrected chi connectivity index (χ0v) is 7.66. The molecule has 0 aromatic carbocycles. The second kappa shape index (κ2) is 2.44. The molecule has 1 saturated heterocycles. The Morgan fingerprint density at radius 3 is 2.85 bits per heavy atom. The number of rotatable bonds is 0. The van der Waals surface area contributed by atoms with E-state index >= 15 is 0 Å². The van der Waals surface area contributed by atoms with Crippen molar-refractivity contribution in [3.63, 3.8) is 0 Å². The molecule has 2 heterocycles. The minimum Gasteiger partial charge on any atom is -0.365 e. The summed E-state index contributed by atoms with van der Waals surface area (Å²) < 4.78 is 5.77. The summed E-state index contributed by atoms with van der Waals surface area (Å²) in [6.07, 6.45) is 9.50. The summed E-state index contributed by atoms with van der Waals surface area (Å²) in [5.41, 5.74) is -0.108. The number of fused-ring (bicyclic) bond motifs is 3. The molecule has 0 amide bonds. The molecule has 1 spiro atoms. The molecule has 2 atom stereocenters. The lowest BCUT2D eigenvalue weighted by molar-refractivity contribution is -0.148. The van der Waals surface area contributed by atoms with Crippen LogP contribution in [0.25, 0.3) is 0 Å². The van der Waals surface area contributed by atoms with Gasteiger partial charge in [-0.1, -0.05) is 25.0 Å². The van der Waals surface area contributed by atoms with Crippen LogP contribution in [0.1, 0.15) is 32.1 Å². The normalized spacial score (nSPS) is 40.5. The highest BCUT2D eigenvalue weighted by Crippen LogP contribution is 2.49. The third-order valence-corrected chi connectivity index (χ3v) is 3.80. The monoisotopic (exact) mass is 178 g/mol. The maximum Gasteiger partial charge on any atom is 0.144 e. The average molecular weight is 178 g/mol. The molecule has 2 nitrogen and oxygen atoms in total. The Balaban J connectivity index is 1.99. The fraction of sp³-hybridized carbons (Fsp3) is 0.727. The lowest BCUT2D eigenvalue weighted by Gasteiger charge is -2.37. The van der Waals surface area contributed by atoms with Crippen LogP contribution in [0, 0.1) is 5.41 Å². The van der Waals surface area contributed by atoms with E-state index in [0.717, 1.165) is 12.8 Å². The van der Waals surface area contributed by atoms with Crippen LogP contribution in [0.5, 0.6) is 0 Å². The number of hydrogen-bond donors (Lipinski definition) is 0. The summed E-state index contributed by atoms with van der Waals surface area (Å²) >= 11 is 0. The van der Waals surface area contributed by atoms with Crippen LogP contribution in [0.3, 0.4) is 0 Å². The minimum atomic E-state index is -0.108. The van der Waals surface area contributed by atoms with E-state index < -0.39 is 0 Å². The van der Waals surface area contributed by atoms with E-state index in [9.17, 15) is 4.79 Å². The van der Waals surface area contributed by atoms with Crippen molar-refractivity contribution in [2.24, 2.45) is 5.41 Å². The van der Waals surface area contributed by atoms with Gasteiger partial charge in [0.15, 0.2) is 0 Å². The average Bonchev–Trinajstić information content (AvgIpc) is 2.67. The van der Waals surface area contributed by atoms with Crippen LogP contribution in [0.2, 0.25) is 0 Å². The molecule has 1 saturated carbocycles. The highest BCUT2D eigenvalue weighted by Gasteiger charge is 2.52. The first-order valence-corrected chi connectivity index (χ1v) is 5.18. The van der Waals surface area contributed by atoms with Crippen molar-refractivity contribution in [3.05, 3.63) is 12.2 Å². The molecule has 2 unspecified atom stereocenters. The molecule has 3 rings (SSSR count). The van der Waals surface area contributed by atoms with E-state index in [1.165, 1.54) is 12.8 Å². The SMILES string of the molecule is O=C1CC2C=CC(O2)C12CCCC2. The van der Waals surface area contributed by atoms with Crippen molar-refractivity contribution in [1.82, 2.24) is 0 Å². The van der Waals surface area contributed by atoms with Crippen LogP contribution in [-0.4, -0.2) is 18.0 Å². The molecule has 2 fully saturated rings. The summed E-state index contributed by atoms with van der Waals surface area (Å²) in [5, 5.41) is 0. The summed E-state index contributed by atoms with van der Waals surface area (Å²) in [4.78, 5) is 12.0. The zero-order chi connectivity index (χ0) is 8.89. The smallest absolute Gasteiger partial charge is 0.144 e. The van der Waals surface area contributed by atoms with E-state index in [1.807, 2.05) is 0 Å². The maximum absolute atomic E-state index is 12.0. The molecule has 0 N–H and O–H groups in total. The quantitative estimate of drug-likeness (QED) is 0.529. The van der Waals surface area contributed by atoms with Gasteiger partial charge in [-0.3, -0.25) is 4.79 Å². The number of ketones is 1. The molecular formula is C11H14O2. The standard InChI is InChI=1S/C11H14O2/c12-9-7-8-3-4-10(13-8)11(9)5-1-2-6-11/h3-4,8,10H,1-2,5-7H2. The van der Waals surface area contributed by atoms with Crippen LogP contribution >= 0.6 is 0 Å². The van der Waals surface area contributed by atoms with Gasteiger partial charge in [-0.25, -0.2) is 0 Å². The highest BCUT2D eigenvalue weighted by molar-refractivity contribution is 5.88. The molecule has 13 heavy (non-hydrogen) atoms. The second-order valence-electron chi connectivity index (χ2n) is 4.47. The molecule has 70 valence electrons. The number of carbonyl (C=O) groups excluding carboxylic acids is 1. The zero-order valence-electron chi connectivity index (χ0n) is 7.66. The predicted octanol–water partition coefficient (Wildman–Crippen LogP) is 1.84. The van der Waals surface area contributed by atoms with Gasteiger partial charge >= 0.3 is 0 Å². The Morgan fingerprint density at radius 2 is 2.08 bits per heavy atom. The first-order valence-electron chi connectivity index (χ1n) is 5.18. The Bertz CT molecular complexity index is 274. The Hall–Kier alpha value is -0.630. The van der Waals surface area contributed by atoms with Gasteiger partial charge in [0.2, 0.25) is 0 Å². The lowest BCUT2D eigenvalue weighted by Crippen LogP contribution is -2.45. The van der Waals surface area contributed by atoms with E-state index in [0.29, 0.717) is 12.2 Å². The first kappa shape index (κ1) is 7.74. The van der Waals surface area contributed by atoms with Gasteiger partial charge in [-0.05, 0) is 12.8 Å². The van der Waals surface area contributed by atoms with Crippen LogP contribution in [0.15, 0.2) is 12.2 Å². The summed E-state index contributed by atoms with van der Waals surface area (Å²) in [7, 11) is 0. The molecular weight excluding hydrogens is 164 g/mol. The first-order chi connectivity index (χ1) is 6.31. The van der Waals surface area contributed by atoms with Crippen molar-refractivity contribution in [2.45, 2.75) is 44.3 Å². The van der Waals surface area contributed by atoms with Gasteiger partial charge in [0.25, 0.3) is 0 Å². The van der Waals surface area contributed by atoms with E-state index in [1.54, 1.807) is 0 Å². The Kier molecular flexibility index (Phi) is 1.46. The second-order valence-corrected chi connectivity index (χ2v) is 4.47. The summed E-state index contributed by atoms with van der Waals surface area (Å²) in [6.45, 7) is 0. The highest BCUT2D eigenvalue weighted by atomic mass is 16.5. The van der Waals surface area contributed by atoms with Crippen LogP contribution in [0.4, 0.5) is 0 Å². The summed E-state index contributed by atoms with van der Waals surface area (Å²) in [5.74, 6) is 0.455. The molecule has 0 radical (unpaired) electrons. The molecule has 3 aliphatic rings. The maximum atomic E-state index is 12.0. The third-order valence-electron chi connectivity index (χ3n) is 3.80. The third kappa shape index (κ3) is 0.896. The minimum absolute atomic E-state index is 0.101. The van der Waals surface area contributed by atoms with Gasteiger partial charge in [-0.15, -0.1) is 0 Å². The number of ether oxygens (including phenoxy) is 1. The molecule has 1 aliphatic carbocycles. The predicted molar refractivity (Wildman–Crippen MR) is 48.3 cm³/mol. The van der Waals surface area contributed by atoms with E-state index in [4.69, 9.17) is 4.74 Å². The lowest BCUT2D eigenvalue weighted by atomic mass is 9.74. The van der Waals surface area contributed by atoms with E-state index in [2.05, 4.69) is 12.2 Å². The number of Topliss-reactive ketones (excluding diaryl/α,β-unsaturated/α-hetero) is 1. The van der Waals surface area contributed by atoms with Crippen molar-refractivity contribution in [1.29, 1.82) is 0 Å². The molecule has 2 aliphatic heterocycles. The van der Waals surface area contributed by atoms with Crippen molar-refractivity contribution < 1.29 is 9.53 Å². The molecule has 0 aromatic rings. The Labute approximate surface area is 78.0 Å². The van der Waals surface area contributed by atoms with Gasteiger partial charge in [0.05, 0.1) is 17.6 Å². The van der Waals surface area contributed by atoms with Crippen molar-refractivity contribution >= 4 is 5.78 Å². The fourth-order valence-corrected chi connectivity index (χ4v) is 3.05. The van der Waals surface area contributed by atoms with Gasteiger partial charge < -0.3 is 4.74 Å². The molecule has 2 heteroatoms. The Morgan fingerprint density at radius 1 is 1.31 bits per heavy atom. The number of carbonyl (C=O) groups is 1. The van der Waals surface area contributed by atoms with Crippen LogP contribution < -0.4 is 0 Å². The summed E-state index contributed by atoms with van der Waals surface area (Å²) in [6, 6.07) is 0. The van der Waals surface area contributed by atoms with Gasteiger partial charge in [-0.2, -0.15) is 0 Å². The molecule has 0 aromatic heterocycles. The van der Waals surface area contributed by atoms with Crippen molar-refractivity contribution in [2.75, 3.05) is 0 Å². The van der Waals surface area contributed by atoms with E-state index in [-0.39, 0.29) is 17.6 Å². The number of hydrogen-bond acceptors (Lipinski definition) is 2. The largest absolute Gasteiger partial charge is 0.365 e. The van der Waals surface area contributed by atoms with Crippen molar-refractivity contribution in [3.8, 4) is 0 Å².